The molecule has 202 valence electrons. The van der Waals surface area contributed by atoms with Crippen LogP contribution in [-0.2, 0) is 9.59 Å². The normalized spacial score (nSPS) is 14.3. The van der Waals surface area contributed by atoms with E-state index >= 15 is 0 Å². The molecule has 2 amide bonds. The van der Waals surface area contributed by atoms with Crippen LogP contribution in [0, 0.1) is 0 Å². The van der Waals surface area contributed by atoms with Crippen LogP contribution in [-0.4, -0.2) is 43.3 Å². The molecule has 1 heterocycles. The summed E-state index contributed by atoms with van der Waals surface area (Å²) in [7, 11) is 3.02. The molecule has 0 aliphatic carbocycles. The third-order valence-electron chi connectivity index (χ3n) is 5.30. The van der Waals surface area contributed by atoms with Gasteiger partial charge in [0, 0.05) is 11.6 Å². The van der Waals surface area contributed by atoms with Crippen LogP contribution in [0.15, 0.2) is 83.5 Å². The zero-order valence-electron chi connectivity index (χ0n) is 20.7. The Hall–Kier alpha value is -4.45. The molecule has 0 unspecified atom stereocenters. The van der Waals surface area contributed by atoms with Crippen molar-refractivity contribution in [2.75, 3.05) is 30.2 Å². The molecule has 3 aromatic rings. The number of para-hydroxylation sites is 3. The number of hydrogen-bond donors (Lipinski definition) is 1. The number of rotatable bonds is 8. The number of hydrogen-bond acceptors (Lipinski definition) is 7. The summed E-state index contributed by atoms with van der Waals surface area (Å²) in [5.41, 5.74) is 1.08. The maximum atomic E-state index is 13.4. The number of halogens is 3. The van der Waals surface area contributed by atoms with Crippen LogP contribution in [0.2, 0.25) is 0 Å². The van der Waals surface area contributed by atoms with E-state index in [2.05, 4.69) is 15.0 Å². The first-order chi connectivity index (χ1) is 18.7. The van der Waals surface area contributed by atoms with Crippen LogP contribution < -0.4 is 24.4 Å². The van der Waals surface area contributed by atoms with Crippen molar-refractivity contribution >= 4 is 46.2 Å². The fourth-order valence-electron chi connectivity index (χ4n) is 3.58. The van der Waals surface area contributed by atoms with Gasteiger partial charge in [-0.2, -0.15) is 0 Å². The second-order valence-corrected chi connectivity index (χ2v) is 8.83. The number of aliphatic imine (C=N–C) groups is 1. The smallest absolute Gasteiger partial charge is 0.497 e. The third-order valence-corrected chi connectivity index (χ3v) is 6.23. The molecule has 1 aliphatic rings. The molecule has 0 fully saturated rings. The summed E-state index contributed by atoms with van der Waals surface area (Å²) in [6.45, 7) is 0. The predicted octanol–water partition coefficient (Wildman–Crippen LogP) is 5.72. The fraction of sp³-hybridized carbons (Fsp3) is 0.148. The molecule has 3 aromatic carbocycles. The summed E-state index contributed by atoms with van der Waals surface area (Å²) in [4.78, 5) is 31.9. The molecular formula is C27H22F3N3O5S. The Kier molecular flexibility index (Phi) is 8.45. The summed E-state index contributed by atoms with van der Waals surface area (Å²) in [6, 6.07) is 19.1. The maximum absolute atomic E-state index is 13.4. The van der Waals surface area contributed by atoms with Crippen molar-refractivity contribution in [3.05, 3.63) is 84.1 Å². The Balaban J connectivity index is 1.57. The van der Waals surface area contributed by atoms with Crippen molar-refractivity contribution in [2.24, 2.45) is 4.99 Å². The van der Waals surface area contributed by atoms with Crippen LogP contribution in [0.1, 0.15) is 5.56 Å². The predicted molar refractivity (Wildman–Crippen MR) is 143 cm³/mol. The lowest BCUT2D eigenvalue weighted by atomic mass is 10.1. The van der Waals surface area contributed by atoms with Crippen molar-refractivity contribution < 1.29 is 37.0 Å². The van der Waals surface area contributed by atoms with E-state index in [9.17, 15) is 22.8 Å². The molecule has 1 aliphatic heterocycles. The fourth-order valence-corrected chi connectivity index (χ4v) is 4.40. The summed E-state index contributed by atoms with van der Waals surface area (Å²) in [5.74, 6) is -0.778. The molecule has 4 rings (SSSR count). The molecule has 12 heteroatoms. The largest absolute Gasteiger partial charge is 0.573 e. The summed E-state index contributed by atoms with van der Waals surface area (Å²) >= 11 is 0.955. The van der Waals surface area contributed by atoms with E-state index in [-0.39, 0.29) is 22.3 Å². The average Bonchev–Trinajstić information content (AvgIpc) is 3.23. The number of nitrogens with zero attached hydrogens (tertiary/aromatic N) is 2. The number of anilines is 2. The molecule has 0 saturated carbocycles. The van der Waals surface area contributed by atoms with Gasteiger partial charge >= 0.3 is 6.36 Å². The topological polar surface area (TPSA) is 89.5 Å². The van der Waals surface area contributed by atoms with E-state index in [1.54, 1.807) is 54.6 Å². The van der Waals surface area contributed by atoms with Crippen LogP contribution in [0.5, 0.6) is 17.2 Å². The first kappa shape index (κ1) is 27.6. The molecule has 0 radical (unpaired) electrons. The second kappa shape index (κ2) is 11.9. The van der Waals surface area contributed by atoms with Crippen molar-refractivity contribution in [1.82, 2.24) is 0 Å². The van der Waals surface area contributed by atoms with Gasteiger partial charge in [0.1, 0.15) is 17.2 Å². The number of thioether (sulfide) groups is 1. The highest BCUT2D eigenvalue weighted by molar-refractivity contribution is 8.14. The van der Waals surface area contributed by atoms with Gasteiger partial charge in [0.25, 0.3) is 5.91 Å². The number of amides is 2. The summed E-state index contributed by atoms with van der Waals surface area (Å²) in [5, 5.41) is 2.64. The molecule has 0 aromatic heterocycles. The molecule has 0 saturated heterocycles. The number of amidine groups is 1. The molecular weight excluding hydrogens is 535 g/mol. The monoisotopic (exact) mass is 557 g/mol. The molecule has 0 atom stereocenters. The van der Waals surface area contributed by atoms with Gasteiger partial charge in [0.15, 0.2) is 10.9 Å². The Bertz CT molecular complexity index is 1430. The van der Waals surface area contributed by atoms with E-state index < -0.39 is 23.9 Å². The molecule has 0 spiro atoms. The van der Waals surface area contributed by atoms with Gasteiger partial charge in [-0.05, 0) is 42.5 Å². The molecule has 39 heavy (non-hydrogen) atoms. The van der Waals surface area contributed by atoms with E-state index in [0.717, 1.165) is 17.8 Å². The molecule has 1 N–H and O–H groups in total. The van der Waals surface area contributed by atoms with Crippen molar-refractivity contribution in [3.8, 4) is 17.2 Å². The maximum Gasteiger partial charge on any atom is 0.573 e. The van der Waals surface area contributed by atoms with Crippen LogP contribution in [0.4, 0.5) is 24.5 Å². The van der Waals surface area contributed by atoms with Crippen LogP contribution >= 0.6 is 11.8 Å². The number of ether oxygens (including phenoxy) is 3. The highest BCUT2D eigenvalue weighted by atomic mass is 32.2. The minimum atomic E-state index is -4.92. The van der Waals surface area contributed by atoms with E-state index in [0.29, 0.717) is 22.7 Å². The minimum absolute atomic E-state index is 0.106. The van der Waals surface area contributed by atoms with Crippen molar-refractivity contribution in [3.63, 3.8) is 0 Å². The van der Waals surface area contributed by atoms with E-state index in [4.69, 9.17) is 9.47 Å². The van der Waals surface area contributed by atoms with Gasteiger partial charge in [-0.25, -0.2) is 4.99 Å². The molecule has 0 bridgehead atoms. The van der Waals surface area contributed by atoms with Gasteiger partial charge < -0.3 is 19.5 Å². The van der Waals surface area contributed by atoms with Gasteiger partial charge in [-0.15, -0.1) is 13.2 Å². The van der Waals surface area contributed by atoms with Crippen molar-refractivity contribution in [1.29, 1.82) is 0 Å². The second-order valence-electron chi connectivity index (χ2n) is 7.89. The number of benzene rings is 3. The zero-order chi connectivity index (χ0) is 28.0. The lowest BCUT2D eigenvalue weighted by Gasteiger charge is -2.18. The number of carbonyl (C=O) groups is 2. The quantitative estimate of drug-likeness (QED) is 0.357. The third kappa shape index (κ3) is 6.90. The average molecular weight is 558 g/mol. The van der Waals surface area contributed by atoms with Crippen LogP contribution in [0.25, 0.3) is 6.08 Å². The Morgan fingerprint density at radius 3 is 2.41 bits per heavy atom. The summed E-state index contributed by atoms with van der Waals surface area (Å²) in [6.07, 6.45) is -3.35. The van der Waals surface area contributed by atoms with Gasteiger partial charge in [0.05, 0.1) is 31.3 Å². The first-order valence-corrected chi connectivity index (χ1v) is 12.4. The number of methoxy groups -OCH3 is 2. The van der Waals surface area contributed by atoms with Gasteiger partial charge in [-0.1, -0.05) is 42.1 Å². The minimum Gasteiger partial charge on any atom is -0.497 e. The first-order valence-electron chi connectivity index (χ1n) is 11.4. The standard InChI is InChI=1S/C27H22F3N3O5S/c1-36-19-13-12-17(23(15-19)37-2)14-21-25(35)33(18-8-4-3-5-9-18)26(32-21)39-16-24(34)31-20-10-6-7-11-22(20)38-27(28,29)30/h3-15H,16H2,1-2H3,(H,31,34). The Labute approximate surface area is 226 Å². The Morgan fingerprint density at radius 1 is 1.00 bits per heavy atom. The van der Waals surface area contributed by atoms with Gasteiger partial charge in [0.2, 0.25) is 5.91 Å². The highest BCUT2D eigenvalue weighted by Gasteiger charge is 2.34. The van der Waals surface area contributed by atoms with E-state index in [1.807, 2.05) is 0 Å². The summed E-state index contributed by atoms with van der Waals surface area (Å²) < 4.78 is 52.8. The SMILES string of the molecule is COc1ccc(C=C2N=C(SCC(=O)Nc3ccccc3OC(F)(F)F)N(c3ccccc3)C2=O)c(OC)c1. The van der Waals surface area contributed by atoms with Crippen LogP contribution in [0.3, 0.4) is 0 Å². The number of nitrogens with one attached hydrogen (secondary N) is 1. The Morgan fingerprint density at radius 2 is 1.72 bits per heavy atom. The number of alkyl halides is 3. The van der Waals surface area contributed by atoms with E-state index in [1.165, 1.54) is 37.3 Å². The molecule has 8 nitrogen and oxygen atoms in total. The lowest BCUT2D eigenvalue weighted by Crippen LogP contribution is -2.31. The number of carbonyl (C=O) groups excluding carboxylic acids is 2. The van der Waals surface area contributed by atoms with Gasteiger partial charge in [-0.3, -0.25) is 14.5 Å². The lowest BCUT2D eigenvalue weighted by molar-refractivity contribution is -0.274. The highest BCUT2D eigenvalue weighted by Crippen LogP contribution is 2.33. The zero-order valence-corrected chi connectivity index (χ0v) is 21.5. The van der Waals surface area contributed by atoms with Crippen molar-refractivity contribution in [2.45, 2.75) is 6.36 Å².